The van der Waals surface area contributed by atoms with Gasteiger partial charge in [0.05, 0.1) is 16.3 Å². The highest BCUT2D eigenvalue weighted by Crippen LogP contribution is 2.38. The molecule has 0 aliphatic heterocycles. The Morgan fingerprint density at radius 1 is 1.50 bits per heavy atom. The van der Waals surface area contributed by atoms with Crippen LogP contribution in [0.1, 0.15) is 5.56 Å². The van der Waals surface area contributed by atoms with E-state index in [0.29, 0.717) is 0 Å². The van der Waals surface area contributed by atoms with Crippen molar-refractivity contribution in [2.24, 2.45) is 0 Å². The Hall–Kier alpha value is -0.500. The van der Waals surface area contributed by atoms with E-state index in [1.165, 1.54) is 9.60 Å². The van der Waals surface area contributed by atoms with Crippen LogP contribution in [-0.4, -0.2) is 6.26 Å². The van der Waals surface area contributed by atoms with Gasteiger partial charge in [0.15, 0.2) is 0 Å². The van der Waals surface area contributed by atoms with Gasteiger partial charge in [-0.2, -0.15) is 5.26 Å². The molecule has 14 heavy (non-hydrogen) atoms. The Labute approximate surface area is 98.9 Å². The predicted octanol–water partition coefficient (Wildman–Crippen LogP) is 4.26. The lowest BCUT2D eigenvalue weighted by Gasteiger charge is -2.00. The van der Waals surface area contributed by atoms with Crippen molar-refractivity contribution in [3.63, 3.8) is 0 Å². The molecule has 0 unspecified atom stereocenters. The molecular formula is C10H6BrNS2. The largest absolute Gasteiger partial charge is 0.192 e. The lowest BCUT2D eigenvalue weighted by molar-refractivity contribution is 1.48. The van der Waals surface area contributed by atoms with Gasteiger partial charge in [0.2, 0.25) is 0 Å². The SMILES string of the molecule is CSc1ccc(C#N)c2c(Br)csc12. The molecule has 70 valence electrons. The number of hydrogen-bond donors (Lipinski definition) is 0. The molecule has 0 spiro atoms. The molecule has 0 bridgehead atoms. The summed E-state index contributed by atoms with van der Waals surface area (Å²) in [6.07, 6.45) is 2.05. The second-order valence-electron chi connectivity index (χ2n) is 2.71. The molecule has 0 aliphatic carbocycles. The highest BCUT2D eigenvalue weighted by Gasteiger charge is 2.10. The molecule has 0 atom stereocenters. The highest BCUT2D eigenvalue weighted by atomic mass is 79.9. The number of nitrogens with zero attached hydrogens (tertiary/aromatic N) is 1. The van der Waals surface area contributed by atoms with Gasteiger partial charge in [0.25, 0.3) is 0 Å². The summed E-state index contributed by atoms with van der Waals surface area (Å²) in [5, 5.41) is 12.0. The van der Waals surface area contributed by atoms with Gasteiger partial charge in [0.1, 0.15) is 0 Å². The molecule has 0 aliphatic rings. The van der Waals surface area contributed by atoms with Crippen LogP contribution in [0.25, 0.3) is 10.1 Å². The smallest absolute Gasteiger partial charge is 0.0998 e. The van der Waals surface area contributed by atoms with Crippen LogP contribution in [0.4, 0.5) is 0 Å². The van der Waals surface area contributed by atoms with Crippen LogP contribution >= 0.6 is 39.0 Å². The monoisotopic (exact) mass is 283 g/mol. The van der Waals surface area contributed by atoms with Crippen LogP contribution in [0, 0.1) is 11.3 Å². The first kappa shape index (κ1) is 10.0. The topological polar surface area (TPSA) is 23.8 Å². The lowest BCUT2D eigenvalue weighted by atomic mass is 10.1. The Bertz CT molecular complexity index is 525. The van der Waals surface area contributed by atoms with Crippen molar-refractivity contribution < 1.29 is 0 Å². The average Bonchev–Trinajstić information content (AvgIpc) is 2.60. The van der Waals surface area contributed by atoms with Crippen molar-refractivity contribution in [1.82, 2.24) is 0 Å². The highest BCUT2D eigenvalue weighted by molar-refractivity contribution is 9.10. The summed E-state index contributed by atoms with van der Waals surface area (Å²) in [5.41, 5.74) is 0.742. The molecule has 0 N–H and O–H groups in total. The zero-order valence-corrected chi connectivity index (χ0v) is 10.6. The Balaban J connectivity index is 2.89. The number of nitriles is 1. The van der Waals surface area contributed by atoms with E-state index in [0.717, 1.165) is 15.4 Å². The van der Waals surface area contributed by atoms with Gasteiger partial charge in [-0.3, -0.25) is 0 Å². The van der Waals surface area contributed by atoms with Crippen molar-refractivity contribution in [1.29, 1.82) is 5.26 Å². The van der Waals surface area contributed by atoms with E-state index < -0.39 is 0 Å². The summed E-state index contributed by atoms with van der Waals surface area (Å²) in [6, 6.07) is 6.10. The van der Waals surface area contributed by atoms with E-state index in [9.17, 15) is 0 Å². The standard InChI is InChI=1S/C10H6BrNS2/c1-13-8-3-2-6(4-12)9-7(11)5-14-10(8)9/h2-3,5H,1H3. The van der Waals surface area contributed by atoms with Gasteiger partial charge in [0, 0.05) is 20.1 Å². The van der Waals surface area contributed by atoms with Crippen molar-refractivity contribution in [2.45, 2.75) is 4.90 Å². The fraction of sp³-hybridized carbons (Fsp3) is 0.100. The average molecular weight is 284 g/mol. The molecule has 1 nitrogen and oxygen atoms in total. The first-order chi connectivity index (χ1) is 6.77. The first-order valence-corrected chi connectivity index (χ1v) is 6.81. The zero-order chi connectivity index (χ0) is 10.1. The van der Waals surface area contributed by atoms with Crippen LogP contribution in [0.15, 0.2) is 26.9 Å². The number of hydrogen-bond acceptors (Lipinski definition) is 3. The number of rotatable bonds is 1. The van der Waals surface area contributed by atoms with Gasteiger partial charge < -0.3 is 0 Å². The minimum absolute atomic E-state index is 0.742. The minimum atomic E-state index is 0.742. The second-order valence-corrected chi connectivity index (χ2v) is 5.30. The summed E-state index contributed by atoms with van der Waals surface area (Å²) in [6.45, 7) is 0. The summed E-state index contributed by atoms with van der Waals surface area (Å²) in [4.78, 5) is 1.23. The molecule has 0 saturated heterocycles. The van der Waals surface area contributed by atoms with Crippen LogP contribution in [-0.2, 0) is 0 Å². The van der Waals surface area contributed by atoms with Crippen molar-refractivity contribution in [3.8, 4) is 6.07 Å². The van der Waals surface area contributed by atoms with Crippen molar-refractivity contribution >= 4 is 49.1 Å². The molecule has 0 amide bonds. The molecule has 0 saturated carbocycles. The zero-order valence-electron chi connectivity index (χ0n) is 7.37. The maximum atomic E-state index is 8.97. The Kier molecular flexibility index (Phi) is 2.82. The van der Waals surface area contributed by atoms with Crippen LogP contribution in [0.3, 0.4) is 0 Å². The fourth-order valence-electron chi connectivity index (χ4n) is 1.34. The molecule has 4 heteroatoms. The maximum Gasteiger partial charge on any atom is 0.0998 e. The number of benzene rings is 1. The summed E-state index contributed by atoms with van der Waals surface area (Å²) < 4.78 is 2.22. The Morgan fingerprint density at radius 3 is 2.93 bits per heavy atom. The molecule has 2 aromatic rings. The van der Waals surface area contributed by atoms with Crippen molar-refractivity contribution in [3.05, 3.63) is 27.5 Å². The summed E-state index contributed by atoms with van der Waals surface area (Å²) in [7, 11) is 0. The predicted molar refractivity (Wildman–Crippen MR) is 66.0 cm³/mol. The van der Waals surface area contributed by atoms with E-state index >= 15 is 0 Å². The van der Waals surface area contributed by atoms with Gasteiger partial charge in [-0.1, -0.05) is 0 Å². The fourth-order valence-corrected chi connectivity index (χ4v) is 3.91. The number of thiophene rings is 1. The summed E-state index contributed by atoms with van der Waals surface area (Å²) in [5.74, 6) is 0. The van der Waals surface area contributed by atoms with Crippen LogP contribution < -0.4 is 0 Å². The van der Waals surface area contributed by atoms with E-state index in [1.54, 1.807) is 23.1 Å². The van der Waals surface area contributed by atoms with E-state index in [1.807, 2.05) is 17.5 Å². The van der Waals surface area contributed by atoms with E-state index in [4.69, 9.17) is 5.26 Å². The van der Waals surface area contributed by atoms with Gasteiger partial charge >= 0.3 is 0 Å². The number of fused-ring (bicyclic) bond motifs is 1. The normalized spacial score (nSPS) is 10.4. The molecular weight excluding hydrogens is 278 g/mol. The van der Waals surface area contributed by atoms with Crippen LogP contribution in [0.5, 0.6) is 0 Å². The molecule has 1 heterocycles. The molecule has 2 rings (SSSR count). The van der Waals surface area contributed by atoms with Crippen LogP contribution in [0.2, 0.25) is 0 Å². The molecule has 1 aromatic carbocycles. The third-order valence-corrected chi connectivity index (χ3v) is 4.83. The van der Waals surface area contributed by atoms with Crippen molar-refractivity contribution in [2.75, 3.05) is 6.26 Å². The minimum Gasteiger partial charge on any atom is -0.192 e. The summed E-state index contributed by atoms with van der Waals surface area (Å²) >= 11 is 6.86. The number of thioether (sulfide) groups is 1. The molecule has 0 radical (unpaired) electrons. The number of halogens is 1. The van der Waals surface area contributed by atoms with E-state index in [2.05, 4.69) is 28.3 Å². The second kappa shape index (κ2) is 3.93. The van der Waals surface area contributed by atoms with Gasteiger partial charge in [-0.05, 0) is 34.3 Å². The molecule has 0 fully saturated rings. The van der Waals surface area contributed by atoms with Gasteiger partial charge in [-0.15, -0.1) is 23.1 Å². The quantitative estimate of drug-likeness (QED) is 0.731. The van der Waals surface area contributed by atoms with Gasteiger partial charge in [-0.25, -0.2) is 0 Å². The Morgan fingerprint density at radius 2 is 2.29 bits per heavy atom. The lowest BCUT2D eigenvalue weighted by Crippen LogP contribution is -1.78. The third kappa shape index (κ3) is 1.46. The third-order valence-electron chi connectivity index (χ3n) is 1.98. The maximum absolute atomic E-state index is 8.97. The molecule has 1 aromatic heterocycles. The van der Waals surface area contributed by atoms with E-state index in [-0.39, 0.29) is 0 Å². The first-order valence-electron chi connectivity index (χ1n) is 3.91.